The lowest BCUT2D eigenvalue weighted by molar-refractivity contribution is -0.138. The quantitative estimate of drug-likeness (QED) is 0.406. The molecule has 5 rings (SSSR count). The number of likely N-dealkylation sites (tertiary alicyclic amines) is 1. The van der Waals surface area contributed by atoms with E-state index in [1.807, 2.05) is 61.7 Å². The van der Waals surface area contributed by atoms with Crippen LogP contribution in [0.1, 0.15) is 29.9 Å². The third kappa shape index (κ3) is 5.43. The highest BCUT2D eigenvalue weighted by Crippen LogP contribution is 2.34. The molecule has 4 unspecified atom stereocenters. The minimum Gasteiger partial charge on any atom is -0.399 e. The predicted octanol–water partition coefficient (Wildman–Crippen LogP) is 4.23. The highest BCUT2D eigenvalue weighted by Gasteiger charge is 2.54. The highest BCUT2D eigenvalue weighted by molar-refractivity contribution is 7.17. The minimum atomic E-state index is -0.888. The molecule has 10 heteroatoms. The first-order valence-electron chi connectivity index (χ1n) is 12.6. The molecular formula is C28H29N3O5S2. The number of nitrogens with zero attached hydrogens (tertiary/aromatic N) is 1. The fraction of sp³-hybridized carbons (Fsp3) is 0.357. The molecule has 2 fully saturated rings. The lowest BCUT2D eigenvalue weighted by atomic mass is 9.95. The van der Waals surface area contributed by atoms with Gasteiger partial charge >= 0.3 is 6.09 Å². The maximum absolute atomic E-state index is 13.8. The molecule has 4 heterocycles. The number of rotatable bonds is 8. The molecule has 0 aliphatic carbocycles. The second-order valence-corrected chi connectivity index (χ2v) is 12.0. The zero-order valence-corrected chi connectivity index (χ0v) is 22.7. The average Bonchev–Trinajstić information content (AvgIpc) is 3.70. The lowest BCUT2D eigenvalue weighted by Crippen LogP contribution is -2.53. The Kier molecular flexibility index (Phi) is 7.73. The minimum absolute atomic E-state index is 0.0767. The van der Waals surface area contributed by atoms with Crippen LogP contribution in [-0.4, -0.2) is 59.7 Å². The number of thiophene rings is 2. The van der Waals surface area contributed by atoms with Crippen molar-refractivity contribution in [1.82, 2.24) is 15.5 Å². The van der Waals surface area contributed by atoms with E-state index < -0.39 is 30.1 Å². The summed E-state index contributed by atoms with van der Waals surface area (Å²) >= 11 is 2.68. The van der Waals surface area contributed by atoms with Crippen LogP contribution < -0.4 is 15.4 Å². The number of nitrogens with one attached hydrogen (secondary N) is 2. The van der Waals surface area contributed by atoms with Crippen LogP contribution >= 0.6 is 22.7 Å². The van der Waals surface area contributed by atoms with Crippen molar-refractivity contribution in [3.8, 4) is 15.5 Å². The van der Waals surface area contributed by atoms with E-state index in [9.17, 15) is 19.2 Å². The molecule has 198 valence electrons. The van der Waals surface area contributed by atoms with Gasteiger partial charge in [0.1, 0.15) is 12.1 Å². The van der Waals surface area contributed by atoms with Crippen molar-refractivity contribution in [3.63, 3.8) is 0 Å². The van der Waals surface area contributed by atoms with E-state index in [4.69, 9.17) is 4.74 Å². The maximum Gasteiger partial charge on any atom is 0.414 e. The largest absolute Gasteiger partial charge is 0.414 e. The van der Waals surface area contributed by atoms with Crippen molar-refractivity contribution in [2.75, 3.05) is 13.1 Å². The number of amides is 2. The molecule has 0 spiro atoms. The normalized spacial score (nSPS) is 21.4. The highest BCUT2D eigenvalue weighted by atomic mass is 32.1. The van der Waals surface area contributed by atoms with Crippen molar-refractivity contribution >= 4 is 46.2 Å². The molecule has 2 aliphatic rings. The van der Waals surface area contributed by atoms with Gasteiger partial charge in [-0.1, -0.05) is 61.6 Å². The van der Waals surface area contributed by atoms with Crippen LogP contribution in [0.15, 0.2) is 60.0 Å². The topological polar surface area (TPSA) is 105 Å². The molecule has 2 saturated heterocycles. The van der Waals surface area contributed by atoms with E-state index in [2.05, 4.69) is 10.6 Å². The van der Waals surface area contributed by atoms with E-state index in [0.29, 0.717) is 16.4 Å². The van der Waals surface area contributed by atoms with Crippen molar-refractivity contribution in [2.24, 2.45) is 11.8 Å². The first-order valence-corrected chi connectivity index (χ1v) is 14.3. The number of hydrogen-bond donors (Lipinski definition) is 2. The molecule has 0 radical (unpaired) electrons. The van der Waals surface area contributed by atoms with Gasteiger partial charge in [0.2, 0.25) is 5.91 Å². The third-order valence-electron chi connectivity index (χ3n) is 6.86. The van der Waals surface area contributed by atoms with E-state index in [1.54, 1.807) is 12.1 Å². The summed E-state index contributed by atoms with van der Waals surface area (Å²) in [5, 5.41) is 8.12. The van der Waals surface area contributed by atoms with E-state index in [1.165, 1.54) is 27.6 Å². The van der Waals surface area contributed by atoms with Crippen LogP contribution in [0.5, 0.6) is 5.06 Å². The molecule has 1 aromatic carbocycles. The molecular weight excluding hydrogens is 522 g/mol. The van der Waals surface area contributed by atoms with Crippen LogP contribution in [0.4, 0.5) is 4.79 Å². The summed E-state index contributed by atoms with van der Waals surface area (Å²) in [5.41, 5.74) is 1.02. The van der Waals surface area contributed by atoms with Crippen LogP contribution in [0.25, 0.3) is 10.4 Å². The fourth-order valence-electron chi connectivity index (χ4n) is 5.17. The molecule has 8 nitrogen and oxygen atoms in total. The Hall–Kier alpha value is -3.34. The van der Waals surface area contributed by atoms with E-state index >= 15 is 0 Å². The van der Waals surface area contributed by atoms with Crippen molar-refractivity contribution in [1.29, 1.82) is 0 Å². The van der Waals surface area contributed by atoms with Crippen LogP contribution in [0.3, 0.4) is 0 Å². The van der Waals surface area contributed by atoms with Gasteiger partial charge in [0.05, 0.1) is 17.3 Å². The van der Waals surface area contributed by atoms with E-state index in [-0.39, 0.29) is 36.5 Å². The number of ether oxygens (including phenoxy) is 1. The van der Waals surface area contributed by atoms with Crippen LogP contribution in [0, 0.1) is 11.8 Å². The van der Waals surface area contributed by atoms with Crippen LogP contribution in [0.2, 0.25) is 0 Å². The standard InChI is InChI=1S/C28H29N3O5S2/c1-16(2)13-19(30-28(35)36-23-11-10-21(38-23)17-7-4-3-5-8-17)27(34)31-15-18(24-25(31)20(32)14-29-24)26(33)22-9-6-12-37-22/h3-12,16,18-19,24-25,29H,13-15H2,1-2H3,(H,30,35). The fourth-order valence-corrected chi connectivity index (χ4v) is 6.76. The number of carbonyl (C=O) groups excluding carboxylic acids is 4. The summed E-state index contributed by atoms with van der Waals surface area (Å²) in [6.07, 6.45) is -0.365. The number of fused-ring (bicyclic) bond motifs is 1. The molecule has 4 atom stereocenters. The third-order valence-corrected chi connectivity index (χ3v) is 8.76. The van der Waals surface area contributed by atoms with Crippen molar-refractivity contribution in [2.45, 2.75) is 38.4 Å². The zero-order valence-electron chi connectivity index (χ0n) is 21.1. The average molecular weight is 552 g/mol. The summed E-state index contributed by atoms with van der Waals surface area (Å²) in [5.74, 6) is -1.01. The Balaban J connectivity index is 1.30. The number of benzene rings is 1. The molecule has 2 amide bonds. The van der Waals surface area contributed by atoms with Gasteiger partial charge in [-0.2, -0.15) is 0 Å². The number of Topliss-reactive ketones (excluding diaryl/α,β-unsaturated/α-hetero) is 2. The van der Waals surface area contributed by atoms with Gasteiger partial charge < -0.3 is 20.3 Å². The van der Waals surface area contributed by atoms with Gasteiger partial charge in [-0.05, 0) is 41.5 Å². The van der Waals surface area contributed by atoms with Gasteiger partial charge in [-0.15, -0.1) is 11.3 Å². The Morgan fingerprint density at radius 3 is 2.61 bits per heavy atom. The Morgan fingerprint density at radius 2 is 1.89 bits per heavy atom. The van der Waals surface area contributed by atoms with Crippen LogP contribution in [-0.2, 0) is 9.59 Å². The van der Waals surface area contributed by atoms with Gasteiger partial charge in [-0.25, -0.2) is 4.79 Å². The molecule has 2 aliphatic heterocycles. The Labute approximate surface area is 229 Å². The zero-order chi connectivity index (χ0) is 26.8. The Bertz CT molecular complexity index is 1320. The van der Waals surface area contributed by atoms with Gasteiger partial charge in [-0.3, -0.25) is 14.4 Å². The molecule has 38 heavy (non-hydrogen) atoms. The van der Waals surface area contributed by atoms with Crippen molar-refractivity contribution < 1.29 is 23.9 Å². The first-order chi connectivity index (χ1) is 18.3. The van der Waals surface area contributed by atoms with E-state index in [0.717, 1.165) is 10.4 Å². The molecule has 0 saturated carbocycles. The van der Waals surface area contributed by atoms with Crippen molar-refractivity contribution in [3.05, 3.63) is 64.9 Å². The lowest BCUT2D eigenvalue weighted by Gasteiger charge is -2.28. The Morgan fingerprint density at radius 1 is 1.11 bits per heavy atom. The second-order valence-electron chi connectivity index (χ2n) is 9.96. The van der Waals surface area contributed by atoms with Gasteiger partial charge in [0.25, 0.3) is 0 Å². The summed E-state index contributed by atoms with van der Waals surface area (Å²) < 4.78 is 5.52. The summed E-state index contributed by atoms with van der Waals surface area (Å²) in [6.45, 7) is 4.15. The first kappa shape index (κ1) is 26.3. The smallest absolute Gasteiger partial charge is 0.399 e. The number of ketones is 2. The number of hydrogen-bond acceptors (Lipinski definition) is 8. The molecule has 2 aromatic heterocycles. The molecule has 0 bridgehead atoms. The van der Waals surface area contributed by atoms with Gasteiger partial charge in [0, 0.05) is 17.5 Å². The summed E-state index contributed by atoms with van der Waals surface area (Å²) in [6, 6.07) is 14.9. The van der Waals surface area contributed by atoms with Gasteiger partial charge in [0.15, 0.2) is 16.6 Å². The number of carbonyl (C=O) groups is 4. The molecule has 2 N–H and O–H groups in total. The summed E-state index contributed by atoms with van der Waals surface area (Å²) in [4.78, 5) is 55.6. The maximum atomic E-state index is 13.8. The summed E-state index contributed by atoms with van der Waals surface area (Å²) in [7, 11) is 0. The molecule has 3 aromatic rings. The monoisotopic (exact) mass is 551 g/mol. The SMILES string of the molecule is CC(C)CC(NC(=O)Oc1ccc(-c2ccccc2)s1)C(=O)N1CC(C(=O)c2cccs2)C2NCC(=O)C21. The second kappa shape index (κ2) is 11.2. The predicted molar refractivity (Wildman–Crippen MR) is 147 cm³/mol.